The number of para-hydroxylation sites is 1. The average Bonchev–Trinajstić information content (AvgIpc) is 2.82. The Morgan fingerprint density at radius 2 is 2.19 bits per heavy atom. The van der Waals surface area contributed by atoms with Crippen molar-refractivity contribution in [2.45, 2.75) is 20.5 Å². The van der Waals surface area contributed by atoms with E-state index in [-0.39, 0.29) is 5.91 Å². The van der Waals surface area contributed by atoms with Crippen molar-refractivity contribution in [2.75, 3.05) is 6.54 Å². The number of aromatic nitrogens is 1. The van der Waals surface area contributed by atoms with Gasteiger partial charge in [-0.3, -0.25) is 4.79 Å². The highest BCUT2D eigenvalue weighted by Crippen LogP contribution is 2.21. The van der Waals surface area contributed by atoms with Gasteiger partial charge in [-0.2, -0.15) is 0 Å². The van der Waals surface area contributed by atoms with E-state index in [1.54, 1.807) is 24.3 Å². The van der Waals surface area contributed by atoms with Crippen LogP contribution in [0.25, 0.3) is 0 Å². The highest BCUT2D eigenvalue weighted by molar-refractivity contribution is 5.96. The van der Waals surface area contributed by atoms with Gasteiger partial charge in [0.05, 0.1) is 16.8 Å². The molecule has 1 aromatic heterocycles. The zero-order valence-corrected chi connectivity index (χ0v) is 12.2. The number of hydrogen-bond acceptors (Lipinski definition) is 4. The van der Waals surface area contributed by atoms with E-state index in [2.05, 4.69) is 17.1 Å². The van der Waals surface area contributed by atoms with Crippen LogP contribution in [0.4, 0.5) is 0 Å². The van der Waals surface area contributed by atoms with Crippen molar-refractivity contribution < 1.29 is 14.1 Å². The lowest BCUT2D eigenvalue weighted by Crippen LogP contribution is -2.23. The van der Waals surface area contributed by atoms with Gasteiger partial charge in [0, 0.05) is 6.54 Å². The van der Waals surface area contributed by atoms with Crippen LogP contribution in [0.3, 0.4) is 0 Å². The number of aryl methyl sites for hydroxylation is 2. The molecule has 0 bridgehead atoms. The highest BCUT2D eigenvalue weighted by Gasteiger charge is 2.14. The van der Waals surface area contributed by atoms with Gasteiger partial charge in [-0.25, -0.2) is 0 Å². The van der Waals surface area contributed by atoms with Crippen LogP contribution in [-0.4, -0.2) is 17.6 Å². The molecule has 1 aromatic carbocycles. The van der Waals surface area contributed by atoms with Crippen molar-refractivity contribution in [3.63, 3.8) is 0 Å². The van der Waals surface area contributed by atoms with Crippen molar-refractivity contribution >= 4 is 5.91 Å². The molecule has 5 nitrogen and oxygen atoms in total. The summed E-state index contributed by atoms with van der Waals surface area (Å²) in [6.07, 6.45) is 1.63. The first-order valence-electron chi connectivity index (χ1n) is 6.66. The van der Waals surface area contributed by atoms with Crippen LogP contribution in [0, 0.1) is 13.8 Å². The third kappa shape index (κ3) is 3.51. The van der Waals surface area contributed by atoms with E-state index in [1.807, 2.05) is 19.9 Å². The third-order valence-electron chi connectivity index (χ3n) is 3.09. The number of ether oxygens (including phenoxy) is 1. The molecular formula is C16H18N2O3. The summed E-state index contributed by atoms with van der Waals surface area (Å²) in [5.41, 5.74) is 2.18. The van der Waals surface area contributed by atoms with Crippen LogP contribution in [-0.2, 0) is 6.61 Å². The molecule has 1 amide bonds. The molecule has 0 unspecified atom stereocenters. The normalized spacial score (nSPS) is 10.2. The molecule has 0 saturated carbocycles. The largest absolute Gasteiger partial charge is 0.488 e. The molecule has 0 radical (unpaired) electrons. The van der Waals surface area contributed by atoms with Crippen molar-refractivity contribution in [1.82, 2.24) is 10.5 Å². The van der Waals surface area contributed by atoms with Gasteiger partial charge in [0.25, 0.3) is 5.91 Å². The van der Waals surface area contributed by atoms with Gasteiger partial charge < -0.3 is 14.6 Å². The summed E-state index contributed by atoms with van der Waals surface area (Å²) in [4.78, 5) is 12.0. The number of nitrogens with one attached hydrogen (secondary N) is 1. The second kappa shape index (κ2) is 6.74. The van der Waals surface area contributed by atoms with Gasteiger partial charge in [0.1, 0.15) is 18.1 Å². The van der Waals surface area contributed by atoms with E-state index in [1.165, 1.54) is 0 Å². The van der Waals surface area contributed by atoms with Gasteiger partial charge >= 0.3 is 0 Å². The highest BCUT2D eigenvalue weighted by atomic mass is 16.5. The summed E-state index contributed by atoms with van der Waals surface area (Å²) in [6.45, 7) is 7.99. The maximum Gasteiger partial charge on any atom is 0.255 e. The molecule has 0 saturated heterocycles. The summed E-state index contributed by atoms with van der Waals surface area (Å²) in [6, 6.07) is 7.11. The molecule has 0 spiro atoms. The number of carbonyl (C=O) groups excluding carboxylic acids is 1. The van der Waals surface area contributed by atoms with Crippen LogP contribution in [0.1, 0.15) is 27.4 Å². The van der Waals surface area contributed by atoms with Crippen LogP contribution < -0.4 is 10.1 Å². The van der Waals surface area contributed by atoms with E-state index in [9.17, 15) is 4.79 Å². The van der Waals surface area contributed by atoms with E-state index in [0.29, 0.717) is 24.5 Å². The number of hydrogen-bond donors (Lipinski definition) is 1. The Bertz CT molecular complexity index is 627. The maximum atomic E-state index is 12.0. The zero-order valence-electron chi connectivity index (χ0n) is 12.2. The molecule has 0 aliphatic heterocycles. The molecule has 2 aromatic rings. The number of rotatable bonds is 6. The van der Waals surface area contributed by atoms with E-state index in [4.69, 9.17) is 9.26 Å². The number of nitrogens with zero attached hydrogens (tertiary/aromatic N) is 1. The monoisotopic (exact) mass is 286 g/mol. The van der Waals surface area contributed by atoms with E-state index < -0.39 is 0 Å². The van der Waals surface area contributed by atoms with Gasteiger partial charge in [0.2, 0.25) is 0 Å². The standard InChI is InChI=1S/C16H18N2O3/c1-4-9-17-16(19)13-7-5-6-8-15(13)20-10-14-11(2)18-21-12(14)3/h4-8H,1,9-10H2,2-3H3,(H,17,19). The van der Waals surface area contributed by atoms with Gasteiger partial charge in [-0.15, -0.1) is 6.58 Å². The first kappa shape index (κ1) is 14.8. The van der Waals surface area contributed by atoms with Crippen molar-refractivity contribution in [2.24, 2.45) is 0 Å². The Morgan fingerprint density at radius 1 is 1.43 bits per heavy atom. The lowest BCUT2D eigenvalue weighted by Gasteiger charge is -2.11. The van der Waals surface area contributed by atoms with Gasteiger partial charge in [-0.1, -0.05) is 23.4 Å². The van der Waals surface area contributed by atoms with Crippen LogP contribution in [0.5, 0.6) is 5.75 Å². The Hall–Kier alpha value is -2.56. The number of amides is 1. The second-order valence-corrected chi connectivity index (χ2v) is 4.59. The average molecular weight is 286 g/mol. The maximum absolute atomic E-state index is 12.0. The van der Waals surface area contributed by atoms with Crippen LogP contribution in [0.2, 0.25) is 0 Å². The topological polar surface area (TPSA) is 64.4 Å². The van der Waals surface area contributed by atoms with Crippen LogP contribution >= 0.6 is 0 Å². The van der Waals surface area contributed by atoms with Crippen LogP contribution in [0.15, 0.2) is 41.4 Å². The minimum absolute atomic E-state index is 0.190. The van der Waals surface area contributed by atoms with E-state index >= 15 is 0 Å². The summed E-state index contributed by atoms with van der Waals surface area (Å²) in [5.74, 6) is 1.06. The van der Waals surface area contributed by atoms with Gasteiger partial charge in [-0.05, 0) is 26.0 Å². The fourth-order valence-electron chi connectivity index (χ4n) is 1.90. The quantitative estimate of drug-likeness (QED) is 0.829. The number of carbonyl (C=O) groups is 1. The molecule has 2 rings (SSSR count). The van der Waals surface area contributed by atoms with Crippen molar-refractivity contribution in [3.8, 4) is 5.75 Å². The SMILES string of the molecule is C=CCNC(=O)c1ccccc1OCc1c(C)noc1C. The molecule has 5 heteroatoms. The molecule has 0 aliphatic carbocycles. The molecule has 0 fully saturated rings. The summed E-state index contributed by atoms with van der Waals surface area (Å²) in [7, 11) is 0. The molecular weight excluding hydrogens is 268 g/mol. The first-order chi connectivity index (χ1) is 10.1. The summed E-state index contributed by atoms with van der Waals surface area (Å²) in [5, 5.41) is 6.62. The summed E-state index contributed by atoms with van der Waals surface area (Å²) >= 11 is 0. The fourth-order valence-corrected chi connectivity index (χ4v) is 1.90. The van der Waals surface area contributed by atoms with Gasteiger partial charge in [0.15, 0.2) is 0 Å². The Morgan fingerprint density at radius 3 is 2.86 bits per heavy atom. The first-order valence-corrected chi connectivity index (χ1v) is 6.66. The lowest BCUT2D eigenvalue weighted by molar-refractivity contribution is 0.0953. The Balaban J connectivity index is 2.13. The minimum atomic E-state index is -0.190. The fraction of sp³-hybridized carbons (Fsp3) is 0.250. The van der Waals surface area contributed by atoms with Crippen molar-refractivity contribution in [3.05, 3.63) is 59.5 Å². The lowest BCUT2D eigenvalue weighted by atomic mass is 10.2. The third-order valence-corrected chi connectivity index (χ3v) is 3.09. The Labute approximate surface area is 123 Å². The molecule has 1 N–H and O–H groups in total. The van der Waals surface area contributed by atoms with E-state index in [0.717, 1.165) is 17.0 Å². The van der Waals surface area contributed by atoms with Crippen molar-refractivity contribution in [1.29, 1.82) is 0 Å². The zero-order chi connectivity index (χ0) is 15.2. The predicted octanol–water partition coefficient (Wildman–Crippen LogP) is 2.79. The smallest absolute Gasteiger partial charge is 0.255 e. The molecule has 21 heavy (non-hydrogen) atoms. The molecule has 0 atom stereocenters. The predicted molar refractivity (Wildman–Crippen MR) is 79.3 cm³/mol. The summed E-state index contributed by atoms with van der Waals surface area (Å²) < 4.78 is 10.9. The minimum Gasteiger partial charge on any atom is -0.488 e. The Kier molecular flexibility index (Phi) is 4.77. The molecule has 0 aliphatic rings. The second-order valence-electron chi connectivity index (χ2n) is 4.59. The number of benzene rings is 1. The molecule has 1 heterocycles. The molecule has 110 valence electrons.